The SMILES string of the molecule is COc1c(Cl)ncnc1-n1ccc(C(=O)N(C)C)n1. The number of hydrogen-bond donors (Lipinski definition) is 0. The van der Waals surface area contributed by atoms with Gasteiger partial charge in [0.25, 0.3) is 5.91 Å². The Morgan fingerprint density at radius 2 is 2.16 bits per heavy atom. The number of hydrogen-bond acceptors (Lipinski definition) is 5. The molecule has 0 fully saturated rings. The van der Waals surface area contributed by atoms with Crippen molar-refractivity contribution in [3.05, 3.63) is 29.4 Å². The van der Waals surface area contributed by atoms with Crippen molar-refractivity contribution in [3.8, 4) is 11.6 Å². The molecule has 0 aliphatic heterocycles. The lowest BCUT2D eigenvalue weighted by molar-refractivity contribution is 0.0821. The van der Waals surface area contributed by atoms with Crippen molar-refractivity contribution in [1.29, 1.82) is 0 Å². The van der Waals surface area contributed by atoms with Gasteiger partial charge in [0, 0.05) is 20.3 Å². The van der Waals surface area contributed by atoms with Gasteiger partial charge in [-0.1, -0.05) is 11.6 Å². The normalized spacial score (nSPS) is 10.3. The maximum absolute atomic E-state index is 11.8. The highest BCUT2D eigenvalue weighted by atomic mass is 35.5. The number of rotatable bonds is 3. The largest absolute Gasteiger partial charge is 0.490 e. The predicted molar refractivity (Wildman–Crippen MR) is 68.7 cm³/mol. The zero-order chi connectivity index (χ0) is 14.0. The van der Waals surface area contributed by atoms with Gasteiger partial charge in [-0.25, -0.2) is 14.6 Å². The number of aromatic nitrogens is 4. The Morgan fingerprint density at radius 3 is 2.79 bits per heavy atom. The summed E-state index contributed by atoms with van der Waals surface area (Å²) >= 11 is 5.91. The highest BCUT2D eigenvalue weighted by Gasteiger charge is 2.16. The number of methoxy groups -OCH3 is 1. The maximum atomic E-state index is 11.8. The van der Waals surface area contributed by atoms with E-state index in [1.807, 2.05) is 0 Å². The molecule has 0 aliphatic carbocycles. The zero-order valence-electron chi connectivity index (χ0n) is 10.7. The number of amides is 1. The molecule has 0 bridgehead atoms. The van der Waals surface area contributed by atoms with Gasteiger partial charge in [0.2, 0.25) is 11.6 Å². The van der Waals surface area contributed by atoms with Gasteiger partial charge >= 0.3 is 0 Å². The molecule has 8 heteroatoms. The van der Waals surface area contributed by atoms with E-state index in [9.17, 15) is 4.79 Å². The first-order valence-electron chi connectivity index (χ1n) is 5.36. The summed E-state index contributed by atoms with van der Waals surface area (Å²) in [4.78, 5) is 21.1. The van der Waals surface area contributed by atoms with Gasteiger partial charge in [0.15, 0.2) is 10.8 Å². The number of ether oxygens (including phenoxy) is 1. The van der Waals surface area contributed by atoms with Crippen LogP contribution in [-0.2, 0) is 0 Å². The minimum absolute atomic E-state index is 0.184. The lowest BCUT2D eigenvalue weighted by Gasteiger charge is -2.08. The lowest BCUT2D eigenvalue weighted by Crippen LogP contribution is -2.22. The van der Waals surface area contributed by atoms with E-state index >= 15 is 0 Å². The molecular weight excluding hydrogens is 270 g/mol. The molecule has 19 heavy (non-hydrogen) atoms. The quantitative estimate of drug-likeness (QED) is 0.786. The van der Waals surface area contributed by atoms with Gasteiger partial charge in [-0.15, -0.1) is 0 Å². The summed E-state index contributed by atoms with van der Waals surface area (Å²) in [6, 6.07) is 1.60. The molecule has 100 valence electrons. The van der Waals surface area contributed by atoms with Gasteiger partial charge in [-0.2, -0.15) is 5.10 Å². The monoisotopic (exact) mass is 281 g/mol. The topological polar surface area (TPSA) is 73.1 Å². The molecule has 0 saturated carbocycles. The maximum Gasteiger partial charge on any atom is 0.273 e. The van der Waals surface area contributed by atoms with Crippen molar-refractivity contribution in [3.63, 3.8) is 0 Å². The van der Waals surface area contributed by atoms with Crippen LogP contribution in [0.4, 0.5) is 0 Å². The zero-order valence-corrected chi connectivity index (χ0v) is 11.4. The minimum Gasteiger partial charge on any atom is -0.490 e. The van der Waals surface area contributed by atoms with E-state index in [0.29, 0.717) is 17.3 Å². The van der Waals surface area contributed by atoms with Crippen LogP contribution in [-0.4, -0.2) is 51.8 Å². The van der Waals surface area contributed by atoms with Crippen molar-refractivity contribution in [2.45, 2.75) is 0 Å². The molecule has 0 aliphatic rings. The van der Waals surface area contributed by atoms with Gasteiger partial charge in [0.1, 0.15) is 6.33 Å². The fourth-order valence-corrected chi connectivity index (χ4v) is 1.67. The Hall–Kier alpha value is -2.15. The van der Waals surface area contributed by atoms with Crippen LogP contribution in [0, 0.1) is 0 Å². The van der Waals surface area contributed by atoms with Gasteiger partial charge < -0.3 is 9.64 Å². The third-order valence-corrected chi connectivity index (χ3v) is 2.65. The third-order valence-electron chi connectivity index (χ3n) is 2.38. The van der Waals surface area contributed by atoms with Crippen LogP contribution in [0.3, 0.4) is 0 Å². The van der Waals surface area contributed by atoms with Crippen LogP contribution in [0.5, 0.6) is 5.75 Å². The van der Waals surface area contributed by atoms with Crippen LogP contribution < -0.4 is 4.74 Å². The predicted octanol–water partition coefficient (Wildman–Crippen LogP) is 1.03. The van der Waals surface area contributed by atoms with Crippen molar-refractivity contribution >= 4 is 17.5 Å². The molecule has 0 saturated heterocycles. The molecule has 0 aromatic carbocycles. The molecule has 0 radical (unpaired) electrons. The molecule has 7 nitrogen and oxygen atoms in total. The van der Waals surface area contributed by atoms with E-state index in [-0.39, 0.29) is 11.1 Å². The van der Waals surface area contributed by atoms with E-state index in [0.717, 1.165) is 0 Å². The molecule has 2 rings (SSSR count). The summed E-state index contributed by atoms with van der Waals surface area (Å²) in [5.41, 5.74) is 0.307. The molecule has 0 N–H and O–H groups in total. The highest BCUT2D eigenvalue weighted by molar-refractivity contribution is 6.31. The molecule has 2 aromatic heterocycles. The van der Waals surface area contributed by atoms with Crippen LogP contribution >= 0.6 is 11.6 Å². The number of carbonyl (C=O) groups is 1. The average molecular weight is 282 g/mol. The summed E-state index contributed by atoms with van der Waals surface area (Å²) in [7, 11) is 4.77. The standard InChI is InChI=1S/C11H12ClN5O2/c1-16(2)11(18)7-4-5-17(15-7)10-8(19-3)9(12)13-6-14-10/h4-6H,1-3H3. The Balaban J connectivity index is 2.44. The van der Waals surface area contributed by atoms with Crippen LogP contribution in [0.25, 0.3) is 5.82 Å². The third kappa shape index (κ3) is 2.50. The van der Waals surface area contributed by atoms with E-state index in [4.69, 9.17) is 16.3 Å². The fourth-order valence-electron chi connectivity index (χ4n) is 1.47. The van der Waals surface area contributed by atoms with Crippen LogP contribution in [0.2, 0.25) is 5.15 Å². The molecule has 0 spiro atoms. The van der Waals surface area contributed by atoms with Gasteiger partial charge in [-0.05, 0) is 6.07 Å². The Bertz CT molecular complexity index is 611. The van der Waals surface area contributed by atoms with Crippen molar-refractivity contribution < 1.29 is 9.53 Å². The lowest BCUT2D eigenvalue weighted by atomic mass is 10.4. The summed E-state index contributed by atoms with van der Waals surface area (Å²) in [5, 5.41) is 4.33. The average Bonchev–Trinajstić information content (AvgIpc) is 2.86. The summed E-state index contributed by atoms with van der Waals surface area (Å²) in [6.45, 7) is 0. The van der Waals surface area contributed by atoms with Crippen LogP contribution in [0.15, 0.2) is 18.6 Å². The van der Waals surface area contributed by atoms with Crippen molar-refractivity contribution in [1.82, 2.24) is 24.6 Å². The van der Waals surface area contributed by atoms with E-state index in [1.54, 1.807) is 26.4 Å². The summed E-state index contributed by atoms with van der Waals surface area (Å²) in [6.07, 6.45) is 2.91. The second-order valence-corrected chi connectivity index (χ2v) is 4.22. The van der Waals surface area contributed by atoms with Crippen molar-refractivity contribution in [2.24, 2.45) is 0 Å². The number of carbonyl (C=O) groups excluding carboxylic acids is 1. The van der Waals surface area contributed by atoms with E-state index in [1.165, 1.54) is 23.0 Å². The molecule has 2 heterocycles. The van der Waals surface area contributed by atoms with E-state index < -0.39 is 0 Å². The summed E-state index contributed by atoms with van der Waals surface area (Å²) in [5.74, 6) is 0.481. The number of halogens is 1. The minimum atomic E-state index is -0.196. The van der Waals surface area contributed by atoms with Gasteiger partial charge in [-0.3, -0.25) is 4.79 Å². The molecule has 1 amide bonds. The number of nitrogens with zero attached hydrogens (tertiary/aromatic N) is 5. The van der Waals surface area contributed by atoms with Crippen molar-refractivity contribution in [2.75, 3.05) is 21.2 Å². The molecule has 2 aromatic rings. The Kier molecular flexibility index (Phi) is 3.66. The first kappa shape index (κ1) is 13.3. The molecular formula is C11H12ClN5O2. The molecule has 0 unspecified atom stereocenters. The van der Waals surface area contributed by atoms with Crippen LogP contribution in [0.1, 0.15) is 10.5 Å². The van der Waals surface area contributed by atoms with Gasteiger partial charge in [0.05, 0.1) is 7.11 Å². The highest BCUT2D eigenvalue weighted by Crippen LogP contribution is 2.26. The second kappa shape index (κ2) is 5.23. The Labute approximate surface area is 114 Å². The fraction of sp³-hybridized carbons (Fsp3) is 0.273. The first-order chi connectivity index (χ1) is 9.04. The summed E-state index contributed by atoms with van der Waals surface area (Å²) < 4.78 is 6.55. The van der Waals surface area contributed by atoms with E-state index in [2.05, 4.69) is 15.1 Å². The Morgan fingerprint density at radius 1 is 1.42 bits per heavy atom. The molecule has 0 atom stereocenters. The smallest absolute Gasteiger partial charge is 0.273 e. The second-order valence-electron chi connectivity index (χ2n) is 3.87. The first-order valence-corrected chi connectivity index (χ1v) is 5.74.